The van der Waals surface area contributed by atoms with E-state index in [0.717, 1.165) is 17.7 Å². The molecule has 21 heavy (non-hydrogen) atoms. The zero-order valence-electron chi connectivity index (χ0n) is 12.0. The quantitative estimate of drug-likeness (QED) is 0.811. The number of para-hydroxylation sites is 1. The molecule has 1 atom stereocenters. The highest BCUT2D eigenvalue weighted by atomic mass is 16.5. The molecular weight excluding hydrogens is 268 g/mol. The van der Waals surface area contributed by atoms with Gasteiger partial charge in [0.05, 0.1) is 17.9 Å². The van der Waals surface area contributed by atoms with Crippen molar-refractivity contribution < 1.29 is 14.3 Å². The number of aromatic nitrogens is 2. The summed E-state index contributed by atoms with van der Waals surface area (Å²) in [7, 11) is 0. The largest absolute Gasteiger partial charge is 0.482 e. The van der Waals surface area contributed by atoms with Crippen LogP contribution in [-0.2, 0) is 11.2 Å². The molecule has 0 N–H and O–H groups in total. The van der Waals surface area contributed by atoms with Crippen molar-refractivity contribution in [3.8, 4) is 5.75 Å². The Morgan fingerprint density at radius 3 is 2.95 bits per heavy atom. The van der Waals surface area contributed by atoms with E-state index in [1.807, 2.05) is 24.3 Å². The Kier molecular flexibility index (Phi) is 3.56. The van der Waals surface area contributed by atoms with Gasteiger partial charge in [0.1, 0.15) is 5.75 Å². The molecule has 0 bridgehead atoms. The molecule has 0 fully saturated rings. The van der Waals surface area contributed by atoms with Gasteiger partial charge in [0.15, 0.2) is 11.9 Å². The van der Waals surface area contributed by atoms with Gasteiger partial charge in [0.2, 0.25) is 0 Å². The average Bonchev–Trinajstić information content (AvgIpc) is 2.91. The molecule has 3 rings (SSSR count). The van der Waals surface area contributed by atoms with E-state index in [-0.39, 0.29) is 6.10 Å². The number of hydrogen-bond donors (Lipinski definition) is 0. The molecule has 0 radical (unpaired) electrons. The lowest BCUT2D eigenvalue weighted by molar-refractivity contribution is 0.0524. The molecule has 2 heterocycles. The maximum atomic E-state index is 11.7. The third-order valence-electron chi connectivity index (χ3n) is 3.43. The number of aryl methyl sites for hydroxylation is 1. The SMILES string of the molecule is CCOC(=O)c1cnc(C2Cc3ccccc3O2)nc1C. The van der Waals surface area contributed by atoms with Crippen molar-refractivity contribution in [2.75, 3.05) is 6.61 Å². The highest BCUT2D eigenvalue weighted by Crippen LogP contribution is 2.35. The van der Waals surface area contributed by atoms with Crippen LogP contribution in [0, 0.1) is 6.92 Å². The predicted molar refractivity (Wildman–Crippen MR) is 76.2 cm³/mol. The van der Waals surface area contributed by atoms with Crippen LogP contribution < -0.4 is 4.74 Å². The van der Waals surface area contributed by atoms with Gasteiger partial charge in [0.25, 0.3) is 0 Å². The van der Waals surface area contributed by atoms with Crippen molar-refractivity contribution in [3.05, 3.63) is 53.1 Å². The lowest BCUT2D eigenvalue weighted by Gasteiger charge is -2.11. The minimum atomic E-state index is -0.392. The Bertz CT molecular complexity index is 660. The first-order valence-electron chi connectivity index (χ1n) is 6.94. The lowest BCUT2D eigenvalue weighted by Crippen LogP contribution is -2.14. The van der Waals surface area contributed by atoms with Crippen molar-refractivity contribution in [2.24, 2.45) is 0 Å². The number of carbonyl (C=O) groups excluding carboxylic acids is 1. The molecule has 1 aromatic carbocycles. The second-order valence-corrected chi connectivity index (χ2v) is 4.87. The van der Waals surface area contributed by atoms with E-state index in [2.05, 4.69) is 9.97 Å². The van der Waals surface area contributed by atoms with Gasteiger partial charge in [-0.25, -0.2) is 14.8 Å². The third-order valence-corrected chi connectivity index (χ3v) is 3.43. The van der Waals surface area contributed by atoms with Crippen LogP contribution in [0.1, 0.15) is 40.5 Å². The second-order valence-electron chi connectivity index (χ2n) is 4.87. The summed E-state index contributed by atoms with van der Waals surface area (Å²) >= 11 is 0. The van der Waals surface area contributed by atoms with Crippen LogP contribution in [0.25, 0.3) is 0 Å². The first-order valence-corrected chi connectivity index (χ1v) is 6.94. The Hall–Kier alpha value is -2.43. The van der Waals surface area contributed by atoms with Gasteiger partial charge in [-0.3, -0.25) is 0 Å². The number of carbonyl (C=O) groups is 1. The monoisotopic (exact) mass is 284 g/mol. The molecule has 1 unspecified atom stereocenters. The summed E-state index contributed by atoms with van der Waals surface area (Å²) in [6.45, 7) is 3.88. The topological polar surface area (TPSA) is 61.3 Å². The molecular formula is C16H16N2O3. The summed E-state index contributed by atoms with van der Waals surface area (Å²) in [6, 6.07) is 7.90. The average molecular weight is 284 g/mol. The maximum Gasteiger partial charge on any atom is 0.341 e. The Morgan fingerprint density at radius 1 is 1.43 bits per heavy atom. The van der Waals surface area contributed by atoms with Crippen molar-refractivity contribution in [1.82, 2.24) is 9.97 Å². The van der Waals surface area contributed by atoms with Crippen LogP contribution in [0.2, 0.25) is 0 Å². The summed E-state index contributed by atoms with van der Waals surface area (Å²) in [4.78, 5) is 20.4. The normalized spacial score (nSPS) is 16.2. The third kappa shape index (κ3) is 2.59. The molecule has 1 aromatic heterocycles. The second kappa shape index (κ2) is 5.52. The van der Waals surface area contributed by atoms with E-state index >= 15 is 0 Å². The standard InChI is InChI=1S/C16H16N2O3/c1-3-20-16(19)12-9-17-15(18-10(12)2)14-8-11-6-4-5-7-13(11)21-14/h4-7,9,14H,3,8H2,1-2H3. The van der Waals surface area contributed by atoms with Gasteiger partial charge in [-0.1, -0.05) is 18.2 Å². The summed E-state index contributed by atoms with van der Waals surface area (Å²) in [5, 5.41) is 0. The van der Waals surface area contributed by atoms with E-state index in [1.165, 1.54) is 6.20 Å². The minimum absolute atomic E-state index is 0.197. The summed E-state index contributed by atoms with van der Waals surface area (Å²) in [5.41, 5.74) is 2.16. The summed E-state index contributed by atoms with van der Waals surface area (Å²) < 4.78 is 10.8. The number of hydrogen-bond acceptors (Lipinski definition) is 5. The number of esters is 1. The van der Waals surface area contributed by atoms with Crippen LogP contribution in [-0.4, -0.2) is 22.5 Å². The fourth-order valence-corrected chi connectivity index (χ4v) is 2.38. The Labute approximate surface area is 123 Å². The zero-order chi connectivity index (χ0) is 14.8. The molecule has 0 aliphatic carbocycles. The molecule has 0 spiro atoms. The molecule has 108 valence electrons. The molecule has 1 aliphatic heterocycles. The maximum absolute atomic E-state index is 11.7. The van der Waals surface area contributed by atoms with Crippen LogP contribution in [0.3, 0.4) is 0 Å². The fraction of sp³-hybridized carbons (Fsp3) is 0.312. The van der Waals surface area contributed by atoms with Crippen LogP contribution in [0.15, 0.2) is 30.5 Å². The molecule has 0 saturated carbocycles. The fourth-order valence-electron chi connectivity index (χ4n) is 2.38. The van der Waals surface area contributed by atoms with Gasteiger partial charge >= 0.3 is 5.97 Å². The molecule has 0 amide bonds. The van der Waals surface area contributed by atoms with Crippen LogP contribution in [0.4, 0.5) is 0 Å². The van der Waals surface area contributed by atoms with Crippen LogP contribution >= 0.6 is 0 Å². The first-order chi connectivity index (χ1) is 10.2. The van der Waals surface area contributed by atoms with Gasteiger partial charge in [-0.2, -0.15) is 0 Å². The van der Waals surface area contributed by atoms with Crippen molar-refractivity contribution in [3.63, 3.8) is 0 Å². The van der Waals surface area contributed by atoms with Gasteiger partial charge in [-0.05, 0) is 25.5 Å². The number of rotatable bonds is 3. The van der Waals surface area contributed by atoms with E-state index < -0.39 is 5.97 Å². The Morgan fingerprint density at radius 2 is 2.24 bits per heavy atom. The molecule has 5 heteroatoms. The van der Waals surface area contributed by atoms with E-state index in [1.54, 1.807) is 13.8 Å². The number of ether oxygens (including phenoxy) is 2. The molecule has 2 aromatic rings. The van der Waals surface area contributed by atoms with Gasteiger partial charge < -0.3 is 9.47 Å². The van der Waals surface area contributed by atoms with Crippen molar-refractivity contribution in [1.29, 1.82) is 0 Å². The minimum Gasteiger partial charge on any atom is -0.482 e. The van der Waals surface area contributed by atoms with E-state index in [9.17, 15) is 4.79 Å². The highest BCUT2D eigenvalue weighted by Gasteiger charge is 2.27. The number of benzene rings is 1. The summed E-state index contributed by atoms with van der Waals surface area (Å²) in [5.74, 6) is 1.08. The first kappa shape index (κ1) is 13.5. The molecule has 0 saturated heterocycles. The number of nitrogens with zero attached hydrogens (tertiary/aromatic N) is 2. The smallest absolute Gasteiger partial charge is 0.341 e. The summed E-state index contributed by atoms with van der Waals surface area (Å²) in [6.07, 6.45) is 2.06. The Balaban J connectivity index is 1.82. The lowest BCUT2D eigenvalue weighted by atomic mass is 10.1. The molecule has 5 nitrogen and oxygen atoms in total. The van der Waals surface area contributed by atoms with E-state index in [4.69, 9.17) is 9.47 Å². The predicted octanol–water partition coefficient (Wildman–Crippen LogP) is 2.64. The highest BCUT2D eigenvalue weighted by molar-refractivity contribution is 5.90. The van der Waals surface area contributed by atoms with Crippen molar-refractivity contribution in [2.45, 2.75) is 26.4 Å². The van der Waals surface area contributed by atoms with Crippen LogP contribution in [0.5, 0.6) is 5.75 Å². The molecule has 1 aliphatic rings. The van der Waals surface area contributed by atoms with Gasteiger partial charge in [0, 0.05) is 12.6 Å². The zero-order valence-corrected chi connectivity index (χ0v) is 12.0. The van der Waals surface area contributed by atoms with Gasteiger partial charge in [-0.15, -0.1) is 0 Å². The van der Waals surface area contributed by atoms with Crippen molar-refractivity contribution >= 4 is 5.97 Å². The number of fused-ring (bicyclic) bond motifs is 1. The van der Waals surface area contributed by atoms with E-state index in [0.29, 0.717) is 23.7 Å².